The van der Waals surface area contributed by atoms with E-state index in [0.717, 1.165) is 16.3 Å². The zero-order valence-corrected chi connectivity index (χ0v) is 11.8. The maximum Gasteiger partial charge on any atom is 0.0898 e. The first kappa shape index (κ1) is 12.8. The number of nitrogens with one attached hydrogen (secondary N) is 1. The highest BCUT2D eigenvalue weighted by Gasteiger charge is 2.18. The molecule has 2 nitrogen and oxygen atoms in total. The van der Waals surface area contributed by atoms with Crippen LogP contribution in [0.1, 0.15) is 22.3 Å². The number of hydrogen-bond acceptors (Lipinski definition) is 3. The molecule has 0 saturated carbocycles. The van der Waals surface area contributed by atoms with Crippen molar-refractivity contribution in [3.63, 3.8) is 0 Å². The van der Waals surface area contributed by atoms with Crippen LogP contribution in [-0.4, -0.2) is 12.0 Å². The Bertz CT molecular complexity index is 525. The molecule has 17 heavy (non-hydrogen) atoms. The average molecular weight is 287 g/mol. The summed E-state index contributed by atoms with van der Waals surface area (Å²) in [5.74, 6) is 0. The monoisotopic (exact) mass is 286 g/mol. The quantitative estimate of drug-likeness (QED) is 0.920. The van der Waals surface area contributed by atoms with Crippen LogP contribution in [0.5, 0.6) is 0 Å². The SMILES string of the molecule is CNC(c1csc(C)n1)c1cccc(Cl)c1Cl. The largest absolute Gasteiger partial charge is 0.308 e. The molecule has 0 spiro atoms. The zero-order chi connectivity index (χ0) is 12.4. The van der Waals surface area contributed by atoms with Gasteiger partial charge in [0.1, 0.15) is 0 Å². The molecule has 1 unspecified atom stereocenters. The lowest BCUT2D eigenvalue weighted by Gasteiger charge is -2.16. The number of benzene rings is 1. The van der Waals surface area contributed by atoms with E-state index in [1.807, 2.05) is 31.5 Å². The molecule has 1 heterocycles. The molecule has 1 aromatic heterocycles. The van der Waals surface area contributed by atoms with Crippen molar-refractivity contribution in [2.75, 3.05) is 7.05 Å². The van der Waals surface area contributed by atoms with Gasteiger partial charge in [-0.3, -0.25) is 0 Å². The third-order valence-electron chi connectivity index (χ3n) is 2.51. The molecule has 0 aliphatic heterocycles. The van der Waals surface area contributed by atoms with E-state index in [4.69, 9.17) is 23.2 Å². The fraction of sp³-hybridized carbons (Fsp3) is 0.250. The lowest BCUT2D eigenvalue weighted by atomic mass is 10.0. The van der Waals surface area contributed by atoms with Crippen molar-refractivity contribution in [1.82, 2.24) is 10.3 Å². The van der Waals surface area contributed by atoms with Crippen molar-refractivity contribution in [2.45, 2.75) is 13.0 Å². The summed E-state index contributed by atoms with van der Waals surface area (Å²) in [4.78, 5) is 4.48. The molecule has 2 aromatic rings. The van der Waals surface area contributed by atoms with Crippen LogP contribution < -0.4 is 5.32 Å². The van der Waals surface area contributed by atoms with Gasteiger partial charge in [-0.15, -0.1) is 11.3 Å². The van der Waals surface area contributed by atoms with Crippen LogP contribution in [0.25, 0.3) is 0 Å². The Hall–Kier alpha value is -0.610. The van der Waals surface area contributed by atoms with Crippen molar-refractivity contribution >= 4 is 34.5 Å². The molecule has 1 N–H and O–H groups in total. The van der Waals surface area contributed by atoms with E-state index >= 15 is 0 Å². The third-order valence-corrected chi connectivity index (χ3v) is 4.14. The van der Waals surface area contributed by atoms with Crippen LogP contribution in [0.15, 0.2) is 23.6 Å². The fourth-order valence-corrected chi connectivity index (χ4v) is 2.77. The van der Waals surface area contributed by atoms with Crippen LogP contribution in [0.4, 0.5) is 0 Å². The van der Waals surface area contributed by atoms with Crippen LogP contribution >= 0.6 is 34.5 Å². The molecular weight excluding hydrogens is 275 g/mol. The molecule has 0 aliphatic rings. The summed E-state index contributed by atoms with van der Waals surface area (Å²) in [6, 6.07) is 5.62. The van der Waals surface area contributed by atoms with E-state index in [2.05, 4.69) is 10.3 Å². The van der Waals surface area contributed by atoms with Crippen molar-refractivity contribution < 1.29 is 0 Å². The van der Waals surface area contributed by atoms with Crippen molar-refractivity contribution in [2.24, 2.45) is 0 Å². The summed E-state index contributed by atoms with van der Waals surface area (Å²) < 4.78 is 0. The molecular formula is C12H12Cl2N2S. The van der Waals surface area contributed by atoms with Gasteiger partial charge in [-0.1, -0.05) is 35.3 Å². The number of rotatable bonds is 3. The first-order chi connectivity index (χ1) is 8.13. The van der Waals surface area contributed by atoms with Crippen LogP contribution in [0, 0.1) is 6.92 Å². The minimum absolute atomic E-state index is 0.0221. The molecule has 5 heteroatoms. The highest BCUT2D eigenvalue weighted by Crippen LogP contribution is 2.33. The summed E-state index contributed by atoms with van der Waals surface area (Å²) in [6.07, 6.45) is 0. The van der Waals surface area contributed by atoms with Gasteiger partial charge in [0, 0.05) is 5.38 Å². The number of hydrogen-bond donors (Lipinski definition) is 1. The van der Waals surface area contributed by atoms with E-state index in [-0.39, 0.29) is 6.04 Å². The van der Waals surface area contributed by atoms with Gasteiger partial charge in [0.05, 0.1) is 26.8 Å². The van der Waals surface area contributed by atoms with Gasteiger partial charge in [0.2, 0.25) is 0 Å². The molecule has 0 aliphatic carbocycles. The highest BCUT2D eigenvalue weighted by atomic mass is 35.5. The van der Waals surface area contributed by atoms with Gasteiger partial charge < -0.3 is 5.32 Å². The van der Waals surface area contributed by atoms with E-state index in [1.54, 1.807) is 17.4 Å². The third kappa shape index (κ3) is 2.63. The van der Waals surface area contributed by atoms with Crippen molar-refractivity contribution in [3.8, 4) is 0 Å². The Labute approximate surface area is 115 Å². The zero-order valence-electron chi connectivity index (χ0n) is 9.50. The maximum absolute atomic E-state index is 6.23. The van der Waals surface area contributed by atoms with Gasteiger partial charge in [0.25, 0.3) is 0 Å². The molecule has 0 amide bonds. The molecule has 1 atom stereocenters. The van der Waals surface area contributed by atoms with Crippen LogP contribution in [0.3, 0.4) is 0 Å². The second-order valence-corrected chi connectivity index (χ2v) is 5.50. The number of aromatic nitrogens is 1. The molecule has 90 valence electrons. The first-order valence-electron chi connectivity index (χ1n) is 5.16. The van der Waals surface area contributed by atoms with E-state index < -0.39 is 0 Å². The Morgan fingerprint density at radius 3 is 2.71 bits per heavy atom. The number of aryl methyl sites for hydroxylation is 1. The smallest absolute Gasteiger partial charge is 0.0898 e. The second kappa shape index (κ2) is 5.36. The summed E-state index contributed by atoms with van der Waals surface area (Å²) in [5, 5.41) is 7.44. The Morgan fingerprint density at radius 2 is 2.12 bits per heavy atom. The van der Waals surface area contributed by atoms with E-state index in [1.165, 1.54) is 0 Å². The van der Waals surface area contributed by atoms with Gasteiger partial charge in [-0.05, 0) is 25.6 Å². The summed E-state index contributed by atoms with van der Waals surface area (Å²) in [5.41, 5.74) is 1.92. The highest BCUT2D eigenvalue weighted by molar-refractivity contribution is 7.09. The van der Waals surface area contributed by atoms with Gasteiger partial charge in [0.15, 0.2) is 0 Å². The summed E-state index contributed by atoms with van der Waals surface area (Å²) in [7, 11) is 1.89. The van der Waals surface area contributed by atoms with Gasteiger partial charge >= 0.3 is 0 Å². The second-order valence-electron chi connectivity index (χ2n) is 3.66. The van der Waals surface area contributed by atoms with Crippen LogP contribution in [0.2, 0.25) is 10.0 Å². The van der Waals surface area contributed by atoms with Crippen LogP contribution in [-0.2, 0) is 0 Å². The average Bonchev–Trinajstić information content (AvgIpc) is 2.72. The molecule has 0 bridgehead atoms. The van der Waals surface area contributed by atoms with Crippen molar-refractivity contribution in [3.05, 3.63) is 49.9 Å². The molecule has 0 fully saturated rings. The fourth-order valence-electron chi connectivity index (χ4n) is 1.72. The minimum atomic E-state index is -0.0221. The molecule has 2 rings (SSSR count). The Kier molecular flexibility index (Phi) is 4.05. The standard InChI is InChI=1S/C12H12Cl2N2S/c1-7-16-10(6-17-7)12(15-2)8-4-3-5-9(13)11(8)14/h3-6,12,15H,1-2H3. The molecule has 0 radical (unpaired) electrons. The maximum atomic E-state index is 6.23. The first-order valence-corrected chi connectivity index (χ1v) is 6.80. The lowest BCUT2D eigenvalue weighted by molar-refractivity contribution is 0.674. The van der Waals surface area contributed by atoms with Gasteiger partial charge in [-0.25, -0.2) is 4.98 Å². The molecule has 0 saturated heterocycles. The number of halogens is 2. The van der Waals surface area contributed by atoms with E-state index in [9.17, 15) is 0 Å². The minimum Gasteiger partial charge on any atom is -0.308 e. The predicted octanol–water partition coefficient (Wildman–Crippen LogP) is 4.07. The lowest BCUT2D eigenvalue weighted by Crippen LogP contribution is -2.18. The van der Waals surface area contributed by atoms with E-state index in [0.29, 0.717) is 10.0 Å². The van der Waals surface area contributed by atoms with Crippen molar-refractivity contribution in [1.29, 1.82) is 0 Å². The molecule has 1 aromatic carbocycles. The predicted molar refractivity (Wildman–Crippen MR) is 74.2 cm³/mol. The Morgan fingerprint density at radius 1 is 1.35 bits per heavy atom. The number of thiazole rings is 1. The topological polar surface area (TPSA) is 24.9 Å². The van der Waals surface area contributed by atoms with Gasteiger partial charge in [-0.2, -0.15) is 0 Å². The summed E-state index contributed by atoms with van der Waals surface area (Å²) >= 11 is 13.9. The summed E-state index contributed by atoms with van der Waals surface area (Å²) in [6.45, 7) is 1.99. The normalized spacial score (nSPS) is 12.7. The Balaban J connectivity index is 2.45. The number of nitrogens with zero attached hydrogens (tertiary/aromatic N) is 1.